The Hall–Kier alpha value is -2.30. The normalized spacial score (nSPS) is 14.0. The molecule has 0 aliphatic rings. The van der Waals surface area contributed by atoms with Gasteiger partial charge in [0.05, 0.1) is 19.8 Å². The zero-order valence-electron chi connectivity index (χ0n) is 12.4. The highest BCUT2D eigenvalue weighted by Crippen LogP contribution is 2.29. The van der Waals surface area contributed by atoms with Gasteiger partial charge in [-0.2, -0.15) is 0 Å². The third kappa shape index (κ3) is 2.58. The summed E-state index contributed by atoms with van der Waals surface area (Å²) in [5, 5.41) is 20.9. The molecule has 0 spiro atoms. The molecule has 2 N–H and O–H groups in total. The summed E-state index contributed by atoms with van der Waals surface area (Å²) in [5.74, 6) is 0.726. The van der Waals surface area contributed by atoms with Crippen molar-refractivity contribution in [1.82, 2.24) is 4.57 Å². The minimum absolute atomic E-state index is 0.311. The molecule has 0 radical (unpaired) electrons. The molecule has 1 heterocycles. The molecule has 0 amide bonds. The number of nitrogens with zero attached hydrogens (tertiary/aromatic N) is 1. The minimum atomic E-state index is -0.900. The van der Waals surface area contributed by atoms with E-state index in [-0.39, 0.29) is 12.6 Å². The lowest BCUT2D eigenvalue weighted by atomic mass is 10.0. The minimum Gasteiger partial charge on any atom is -0.497 e. The van der Waals surface area contributed by atoms with Crippen LogP contribution in [0.2, 0.25) is 0 Å². The molecular weight excluding hydrogens is 278 g/mol. The molecule has 0 aliphatic carbocycles. The molecule has 4 nitrogen and oxygen atoms in total. The number of aliphatic hydroxyl groups excluding tert-OH is 2. The number of aromatic nitrogens is 1. The van der Waals surface area contributed by atoms with E-state index in [1.807, 2.05) is 65.4 Å². The summed E-state index contributed by atoms with van der Waals surface area (Å²) in [6.45, 7) is -0.311. The van der Waals surface area contributed by atoms with Gasteiger partial charge in [0.15, 0.2) is 0 Å². The van der Waals surface area contributed by atoms with Crippen LogP contribution in [-0.2, 0) is 0 Å². The van der Waals surface area contributed by atoms with E-state index in [1.165, 1.54) is 0 Å². The molecule has 0 unspecified atom stereocenters. The highest BCUT2D eigenvalue weighted by molar-refractivity contribution is 5.80. The summed E-state index contributed by atoms with van der Waals surface area (Å²) in [5.41, 5.74) is 1.91. The number of hydrogen-bond donors (Lipinski definition) is 2. The number of para-hydroxylation sites is 1. The van der Waals surface area contributed by atoms with Crippen LogP contribution in [0, 0.1) is 0 Å². The Morgan fingerprint density at radius 2 is 1.91 bits per heavy atom. The molecule has 0 saturated heterocycles. The number of rotatable bonds is 5. The van der Waals surface area contributed by atoms with Crippen LogP contribution in [0.3, 0.4) is 0 Å². The Morgan fingerprint density at radius 1 is 1.09 bits per heavy atom. The van der Waals surface area contributed by atoms with Gasteiger partial charge in [-0.25, -0.2) is 0 Å². The van der Waals surface area contributed by atoms with Gasteiger partial charge in [0.2, 0.25) is 0 Å². The summed E-state index contributed by atoms with van der Waals surface area (Å²) in [6, 6.07) is 17.2. The maximum Gasteiger partial charge on any atom is 0.119 e. The van der Waals surface area contributed by atoms with E-state index in [0.29, 0.717) is 0 Å². The topological polar surface area (TPSA) is 54.6 Å². The lowest BCUT2D eigenvalue weighted by molar-refractivity contribution is 0.0653. The molecule has 114 valence electrons. The van der Waals surface area contributed by atoms with E-state index >= 15 is 0 Å². The Balaban J connectivity index is 2.14. The SMILES string of the molecule is COc1cccc([C@@H]([C@H](O)CO)n2ccc3ccccc32)c1. The van der Waals surface area contributed by atoms with E-state index in [1.54, 1.807) is 7.11 Å². The molecule has 22 heavy (non-hydrogen) atoms. The van der Waals surface area contributed by atoms with Gasteiger partial charge in [-0.3, -0.25) is 0 Å². The van der Waals surface area contributed by atoms with Crippen LogP contribution in [0.25, 0.3) is 10.9 Å². The Bertz CT molecular complexity index is 766. The van der Waals surface area contributed by atoms with Gasteiger partial charge in [-0.15, -0.1) is 0 Å². The summed E-state index contributed by atoms with van der Waals surface area (Å²) in [4.78, 5) is 0. The van der Waals surface area contributed by atoms with Crippen LogP contribution < -0.4 is 4.74 Å². The smallest absolute Gasteiger partial charge is 0.119 e. The maximum atomic E-state index is 10.4. The highest BCUT2D eigenvalue weighted by atomic mass is 16.5. The average Bonchev–Trinajstić information content (AvgIpc) is 2.99. The Morgan fingerprint density at radius 3 is 2.68 bits per heavy atom. The van der Waals surface area contributed by atoms with E-state index in [4.69, 9.17) is 4.74 Å². The molecule has 4 heteroatoms. The van der Waals surface area contributed by atoms with Crippen molar-refractivity contribution < 1.29 is 14.9 Å². The quantitative estimate of drug-likeness (QED) is 0.761. The molecule has 0 bridgehead atoms. The Labute approximate surface area is 129 Å². The number of hydrogen-bond acceptors (Lipinski definition) is 3. The van der Waals surface area contributed by atoms with Gasteiger partial charge in [0.25, 0.3) is 0 Å². The van der Waals surface area contributed by atoms with E-state index in [9.17, 15) is 10.2 Å². The summed E-state index contributed by atoms with van der Waals surface area (Å²) >= 11 is 0. The first kappa shape index (κ1) is 14.6. The third-order valence-corrected chi connectivity index (χ3v) is 3.92. The average molecular weight is 297 g/mol. The predicted molar refractivity (Wildman–Crippen MR) is 86.2 cm³/mol. The van der Waals surface area contributed by atoms with Crippen molar-refractivity contribution in [3.63, 3.8) is 0 Å². The van der Waals surface area contributed by atoms with E-state index < -0.39 is 6.10 Å². The molecule has 0 fully saturated rings. The highest BCUT2D eigenvalue weighted by Gasteiger charge is 2.23. The van der Waals surface area contributed by atoms with Gasteiger partial charge in [0, 0.05) is 11.7 Å². The van der Waals surface area contributed by atoms with Crippen LogP contribution in [-0.4, -0.2) is 34.6 Å². The predicted octanol–water partition coefficient (Wildman–Crippen LogP) is 2.59. The number of methoxy groups -OCH3 is 1. The standard InChI is InChI=1S/C18H19NO3/c1-22-15-7-4-6-14(11-15)18(17(21)12-20)19-10-9-13-5-2-3-8-16(13)19/h2-11,17-18,20-21H,12H2,1H3/t17-,18+/m1/s1. The van der Waals surface area contributed by atoms with Crippen molar-refractivity contribution >= 4 is 10.9 Å². The molecule has 2 atom stereocenters. The lowest BCUT2D eigenvalue weighted by Crippen LogP contribution is -2.28. The van der Waals surface area contributed by atoms with Crippen molar-refractivity contribution in [3.8, 4) is 5.75 Å². The summed E-state index contributed by atoms with van der Waals surface area (Å²) in [6.07, 6.45) is 1.04. The first-order chi connectivity index (χ1) is 10.7. The van der Waals surface area contributed by atoms with Crippen LogP contribution in [0.4, 0.5) is 0 Å². The molecule has 3 aromatic rings. The fourth-order valence-corrected chi connectivity index (χ4v) is 2.84. The van der Waals surface area contributed by atoms with Gasteiger partial charge in [-0.05, 0) is 35.2 Å². The fraction of sp³-hybridized carbons (Fsp3) is 0.222. The molecule has 3 rings (SSSR count). The maximum absolute atomic E-state index is 10.4. The molecule has 0 saturated carbocycles. The second-order valence-electron chi connectivity index (χ2n) is 5.25. The number of fused-ring (bicyclic) bond motifs is 1. The first-order valence-corrected chi connectivity index (χ1v) is 7.23. The van der Waals surface area contributed by atoms with Crippen LogP contribution in [0.15, 0.2) is 60.8 Å². The van der Waals surface area contributed by atoms with Crippen molar-refractivity contribution in [2.45, 2.75) is 12.1 Å². The molecule has 0 aliphatic heterocycles. The van der Waals surface area contributed by atoms with Crippen LogP contribution in [0.1, 0.15) is 11.6 Å². The third-order valence-electron chi connectivity index (χ3n) is 3.92. The van der Waals surface area contributed by atoms with Gasteiger partial charge in [-0.1, -0.05) is 30.3 Å². The molecular formula is C18H19NO3. The van der Waals surface area contributed by atoms with Crippen molar-refractivity contribution in [3.05, 3.63) is 66.4 Å². The van der Waals surface area contributed by atoms with Crippen LogP contribution >= 0.6 is 0 Å². The number of aliphatic hydroxyl groups is 2. The van der Waals surface area contributed by atoms with Crippen molar-refractivity contribution in [2.75, 3.05) is 13.7 Å². The molecule has 1 aromatic heterocycles. The summed E-state index contributed by atoms with van der Waals surface area (Å²) < 4.78 is 7.26. The van der Waals surface area contributed by atoms with Gasteiger partial charge in [0.1, 0.15) is 11.9 Å². The summed E-state index contributed by atoms with van der Waals surface area (Å²) in [7, 11) is 1.61. The Kier molecular flexibility index (Phi) is 4.13. The lowest BCUT2D eigenvalue weighted by Gasteiger charge is -2.25. The second-order valence-corrected chi connectivity index (χ2v) is 5.25. The monoisotopic (exact) mass is 297 g/mol. The number of ether oxygens (including phenoxy) is 1. The van der Waals surface area contributed by atoms with Gasteiger partial charge >= 0.3 is 0 Å². The van der Waals surface area contributed by atoms with Crippen molar-refractivity contribution in [1.29, 1.82) is 0 Å². The zero-order valence-corrected chi connectivity index (χ0v) is 12.4. The first-order valence-electron chi connectivity index (χ1n) is 7.23. The van der Waals surface area contributed by atoms with Crippen LogP contribution in [0.5, 0.6) is 5.75 Å². The van der Waals surface area contributed by atoms with Gasteiger partial charge < -0.3 is 19.5 Å². The fourth-order valence-electron chi connectivity index (χ4n) is 2.84. The molecule has 2 aromatic carbocycles. The van der Waals surface area contributed by atoms with E-state index in [2.05, 4.69) is 0 Å². The largest absolute Gasteiger partial charge is 0.497 e. The second kappa shape index (κ2) is 6.22. The zero-order chi connectivity index (χ0) is 15.5. The van der Waals surface area contributed by atoms with E-state index in [0.717, 1.165) is 22.2 Å². The number of benzene rings is 2. The van der Waals surface area contributed by atoms with Crippen molar-refractivity contribution in [2.24, 2.45) is 0 Å².